The summed E-state index contributed by atoms with van der Waals surface area (Å²) in [5, 5.41) is 2.70. The standard InChI is InChI=1S/C18H15NO4/c1-23-17(21)9-8-16(20)19-11-6-7-13-12-4-2-3-5-14(12)18(22)15(13)10-11/h2-7,10H,8-9H2,1H3,(H,19,20). The molecule has 0 atom stereocenters. The summed E-state index contributed by atoms with van der Waals surface area (Å²) in [4.78, 5) is 35.3. The molecule has 0 radical (unpaired) electrons. The molecule has 0 saturated heterocycles. The SMILES string of the molecule is COC(=O)CCC(=O)Nc1ccc2c(c1)C(=O)c1ccccc1-2. The Labute approximate surface area is 133 Å². The maximum atomic E-state index is 12.4. The lowest BCUT2D eigenvalue weighted by Crippen LogP contribution is -2.14. The molecule has 5 nitrogen and oxygen atoms in total. The van der Waals surface area contributed by atoms with Crippen LogP contribution < -0.4 is 5.32 Å². The fourth-order valence-electron chi connectivity index (χ4n) is 2.65. The minimum absolute atomic E-state index is 0.0254. The topological polar surface area (TPSA) is 72.5 Å². The Morgan fingerprint density at radius 2 is 1.65 bits per heavy atom. The lowest BCUT2D eigenvalue weighted by atomic mass is 10.1. The molecular weight excluding hydrogens is 294 g/mol. The lowest BCUT2D eigenvalue weighted by molar-refractivity contribution is -0.141. The zero-order chi connectivity index (χ0) is 16.4. The van der Waals surface area contributed by atoms with E-state index in [1.54, 1.807) is 18.2 Å². The molecule has 0 fully saturated rings. The monoisotopic (exact) mass is 309 g/mol. The van der Waals surface area contributed by atoms with Crippen LogP contribution in [0.25, 0.3) is 11.1 Å². The van der Waals surface area contributed by atoms with E-state index in [4.69, 9.17) is 0 Å². The Hall–Kier alpha value is -2.95. The molecule has 0 aromatic heterocycles. The number of anilines is 1. The van der Waals surface area contributed by atoms with Crippen molar-refractivity contribution < 1.29 is 19.1 Å². The highest BCUT2D eigenvalue weighted by molar-refractivity contribution is 6.22. The molecule has 0 saturated carbocycles. The summed E-state index contributed by atoms with van der Waals surface area (Å²) in [6, 6.07) is 12.7. The lowest BCUT2D eigenvalue weighted by Gasteiger charge is -2.07. The molecule has 0 heterocycles. The van der Waals surface area contributed by atoms with Gasteiger partial charge >= 0.3 is 5.97 Å². The van der Waals surface area contributed by atoms with Gasteiger partial charge in [-0.2, -0.15) is 0 Å². The maximum absolute atomic E-state index is 12.4. The van der Waals surface area contributed by atoms with Crippen molar-refractivity contribution in [1.82, 2.24) is 0 Å². The van der Waals surface area contributed by atoms with Crippen molar-refractivity contribution in [2.24, 2.45) is 0 Å². The molecule has 1 aliphatic carbocycles. The smallest absolute Gasteiger partial charge is 0.306 e. The Morgan fingerprint density at radius 3 is 2.39 bits per heavy atom. The fraction of sp³-hybridized carbons (Fsp3) is 0.167. The van der Waals surface area contributed by atoms with E-state index >= 15 is 0 Å². The van der Waals surface area contributed by atoms with Crippen LogP contribution in [0.2, 0.25) is 0 Å². The number of ether oxygens (including phenoxy) is 1. The van der Waals surface area contributed by atoms with Crippen LogP contribution in [-0.2, 0) is 14.3 Å². The third-order valence-electron chi connectivity index (χ3n) is 3.79. The minimum atomic E-state index is -0.431. The highest BCUT2D eigenvalue weighted by Gasteiger charge is 2.26. The predicted molar refractivity (Wildman–Crippen MR) is 85.2 cm³/mol. The number of methoxy groups -OCH3 is 1. The number of amides is 1. The van der Waals surface area contributed by atoms with Gasteiger partial charge in [-0.25, -0.2) is 0 Å². The van der Waals surface area contributed by atoms with E-state index in [2.05, 4.69) is 10.1 Å². The van der Waals surface area contributed by atoms with Gasteiger partial charge < -0.3 is 10.1 Å². The number of fused-ring (bicyclic) bond motifs is 3. The first-order valence-corrected chi connectivity index (χ1v) is 7.25. The van der Waals surface area contributed by atoms with E-state index < -0.39 is 5.97 Å². The molecule has 0 unspecified atom stereocenters. The van der Waals surface area contributed by atoms with Gasteiger partial charge in [-0.1, -0.05) is 30.3 Å². The van der Waals surface area contributed by atoms with Crippen LogP contribution in [0.4, 0.5) is 5.69 Å². The maximum Gasteiger partial charge on any atom is 0.306 e. The number of hydrogen-bond acceptors (Lipinski definition) is 4. The van der Waals surface area contributed by atoms with Crippen molar-refractivity contribution in [3.63, 3.8) is 0 Å². The number of ketones is 1. The van der Waals surface area contributed by atoms with Gasteiger partial charge in [-0.05, 0) is 23.3 Å². The average Bonchev–Trinajstić information content (AvgIpc) is 2.85. The van der Waals surface area contributed by atoms with E-state index in [1.165, 1.54) is 7.11 Å². The van der Waals surface area contributed by atoms with E-state index in [1.807, 2.05) is 24.3 Å². The zero-order valence-corrected chi connectivity index (χ0v) is 12.6. The normalized spacial score (nSPS) is 11.6. The number of rotatable bonds is 4. The Balaban J connectivity index is 1.77. The Bertz CT molecular complexity index is 810. The molecule has 0 bridgehead atoms. The number of nitrogens with one attached hydrogen (secondary N) is 1. The highest BCUT2D eigenvalue weighted by atomic mass is 16.5. The molecule has 0 aliphatic heterocycles. The van der Waals surface area contributed by atoms with Crippen LogP contribution in [-0.4, -0.2) is 24.8 Å². The first-order valence-electron chi connectivity index (χ1n) is 7.25. The average molecular weight is 309 g/mol. The number of benzene rings is 2. The van der Waals surface area contributed by atoms with E-state index in [0.717, 1.165) is 11.1 Å². The third-order valence-corrected chi connectivity index (χ3v) is 3.79. The molecule has 116 valence electrons. The first-order chi connectivity index (χ1) is 11.1. The van der Waals surface area contributed by atoms with Crippen molar-refractivity contribution in [3.8, 4) is 11.1 Å². The van der Waals surface area contributed by atoms with Crippen molar-refractivity contribution in [1.29, 1.82) is 0 Å². The largest absolute Gasteiger partial charge is 0.469 e. The van der Waals surface area contributed by atoms with Gasteiger partial charge in [-0.15, -0.1) is 0 Å². The van der Waals surface area contributed by atoms with Crippen LogP contribution in [0.1, 0.15) is 28.8 Å². The van der Waals surface area contributed by atoms with Crippen LogP contribution in [0, 0.1) is 0 Å². The van der Waals surface area contributed by atoms with Gasteiger partial charge in [0.15, 0.2) is 5.78 Å². The number of hydrogen-bond donors (Lipinski definition) is 1. The summed E-state index contributed by atoms with van der Waals surface area (Å²) in [6.45, 7) is 0. The summed E-state index contributed by atoms with van der Waals surface area (Å²) in [5.74, 6) is -0.765. The van der Waals surface area contributed by atoms with E-state index in [9.17, 15) is 14.4 Å². The molecule has 5 heteroatoms. The first kappa shape index (κ1) is 15.0. The second-order valence-corrected chi connectivity index (χ2v) is 5.26. The van der Waals surface area contributed by atoms with Crippen molar-refractivity contribution in [2.75, 3.05) is 12.4 Å². The molecule has 1 amide bonds. The summed E-state index contributed by atoms with van der Waals surface area (Å²) < 4.78 is 4.50. The Kier molecular flexibility index (Phi) is 3.93. The van der Waals surface area contributed by atoms with Crippen LogP contribution >= 0.6 is 0 Å². The van der Waals surface area contributed by atoms with Crippen molar-refractivity contribution >= 4 is 23.3 Å². The molecule has 1 N–H and O–H groups in total. The van der Waals surface area contributed by atoms with Crippen molar-refractivity contribution in [3.05, 3.63) is 53.6 Å². The second-order valence-electron chi connectivity index (χ2n) is 5.26. The highest BCUT2D eigenvalue weighted by Crippen LogP contribution is 2.37. The second kappa shape index (κ2) is 6.04. The van der Waals surface area contributed by atoms with Crippen LogP contribution in [0.15, 0.2) is 42.5 Å². The van der Waals surface area contributed by atoms with E-state index in [0.29, 0.717) is 16.8 Å². The summed E-state index contributed by atoms with van der Waals surface area (Å²) >= 11 is 0. The summed E-state index contributed by atoms with van der Waals surface area (Å²) in [5.41, 5.74) is 3.59. The minimum Gasteiger partial charge on any atom is -0.469 e. The molecule has 23 heavy (non-hydrogen) atoms. The molecule has 1 aliphatic rings. The molecule has 0 spiro atoms. The van der Waals surface area contributed by atoms with Gasteiger partial charge in [0.1, 0.15) is 0 Å². The molecule has 3 rings (SSSR count). The number of carbonyl (C=O) groups is 3. The van der Waals surface area contributed by atoms with Gasteiger partial charge in [0.05, 0.1) is 13.5 Å². The molecular formula is C18H15NO4. The van der Waals surface area contributed by atoms with Gasteiger partial charge in [-0.3, -0.25) is 14.4 Å². The fourth-order valence-corrected chi connectivity index (χ4v) is 2.65. The van der Waals surface area contributed by atoms with E-state index in [-0.39, 0.29) is 24.5 Å². The van der Waals surface area contributed by atoms with Gasteiger partial charge in [0.25, 0.3) is 0 Å². The van der Waals surface area contributed by atoms with Crippen LogP contribution in [0.3, 0.4) is 0 Å². The number of carbonyl (C=O) groups excluding carboxylic acids is 3. The molecule has 2 aromatic carbocycles. The summed E-state index contributed by atoms with van der Waals surface area (Å²) in [7, 11) is 1.28. The zero-order valence-electron chi connectivity index (χ0n) is 12.6. The summed E-state index contributed by atoms with van der Waals surface area (Å²) in [6.07, 6.45) is 0.0651. The van der Waals surface area contributed by atoms with Crippen LogP contribution in [0.5, 0.6) is 0 Å². The predicted octanol–water partition coefficient (Wildman–Crippen LogP) is 2.79. The van der Waals surface area contributed by atoms with Crippen molar-refractivity contribution in [2.45, 2.75) is 12.8 Å². The quantitative estimate of drug-likeness (QED) is 0.752. The number of esters is 1. The molecule has 2 aromatic rings. The third kappa shape index (κ3) is 2.85. The Morgan fingerprint density at radius 1 is 0.957 bits per heavy atom. The van der Waals surface area contributed by atoms with Gasteiger partial charge in [0.2, 0.25) is 5.91 Å². The van der Waals surface area contributed by atoms with Gasteiger partial charge in [0, 0.05) is 23.2 Å².